The van der Waals surface area contributed by atoms with E-state index in [2.05, 4.69) is 29.1 Å². The van der Waals surface area contributed by atoms with Crippen LogP contribution >= 0.6 is 0 Å². The number of hydrogen-bond acceptors (Lipinski definition) is 4. The molecule has 0 bridgehead atoms. The lowest BCUT2D eigenvalue weighted by molar-refractivity contribution is 0.172. The predicted molar refractivity (Wildman–Crippen MR) is 71.7 cm³/mol. The summed E-state index contributed by atoms with van der Waals surface area (Å²) in [5.41, 5.74) is 7.38. The second-order valence-electron chi connectivity index (χ2n) is 5.63. The number of rotatable bonds is 4. The Morgan fingerprint density at radius 3 is 2.61 bits per heavy atom. The van der Waals surface area contributed by atoms with E-state index >= 15 is 0 Å². The molecule has 0 spiro atoms. The summed E-state index contributed by atoms with van der Waals surface area (Å²) in [5.74, 6) is 2.03. The fourth-order valence-electron chi connectivity index (χ4n) is 2.76. The average Bonchev–Trinajstić information content (AvgIpc) is 2.75. The Morgan fingerprint density at radius 2 is 2.11 bits per heavy atom. The largest absolute Gasteiger partial charge is 0.322 e. The smallest absolute Gasteiger partial charge is 0.0753 e. The number of nitrogens with two attached hydrogens (primary N) is 1. The molecule has 2 N–H and O–H groups in total. The number of likely N-dealkylation sites (tertiary alicyclic amines) is 1. The van der Waals surface area contributed by atoms with Crippen molar-refractivity contribution in [1.29, 1.82) is 0 Å². The van der Waals surface area contributed by atoms with E-state index in [9.17, 15) is 0 Å². The summed E-state index contributed by atoms with van der Waals surface area (Å²) < 4.78 is 1.79. The molecule has 5 nitrogen and oxygen atoms in total. The van der Waals surface area contributed by atoms with Crippen molar-refractivity contribution in [1.82, 2.24) is 19.9 Å². The first kappa shape index (κ1) is 13.5. The van der Waals surface area contributed by atoms with Crippen LogP contribution in [0.15, 0.2) is 6.20 Å². The third kappa shape index (κ3) is 3.09. The van der Waals surface area contributed by atoms with E-state index in [1.165, 1.54) is 18.8 Å². The maximum atomic E-state index is 6.34. The molecule has 1 aliphatic heterocycles. The Morgan fingerprint density at radius 1 is 1.44 bits per heavy atom. The van der Waals surface area contributed by atoms with E-state index in [0.717, 1.165) is 25.3 Å². The molecule has 1 aliphatic rings. The van der Waals surface area contributed by atoms with Gasteiger partial charge in [-0.05, 0) is 37.8 Å². The van der Waals surface area contributed by atoms with Gasteiger partial charge in [0.2, 0.25) is 0 Å². The van der Waals surface area contributed by atoms with Gasteiger partial charge in [0.15, 0.2) is 0 Å². The molecule has 1 radical (unpaired) electrons. The molecule has 2 heterocycles. The summed E-state index contributed by atoms with van der Waals surface area (Å²) in [6.45, 7) is 7.80. The lowest BCUT2D eigenvalue weighted by Gasteiger charge is -2.35. The highest BCUT2D eigenvalue weighted by molar-refractivity contribution is 5.03. The number of aryl methyl sites for hydroxylation is 1. The molecule has 101 valence electrons. The van der Waals surface area contributed by atoms with Crippen LogP contribution in [-0.4, -0.2) is 39.5 Å². The van der Waals surface area contributed by atoms with Crippen molar-refractivity contribution in [2.45, 2.75) is 32.7 Å². The maximum Gasteiger partial charge on any atom is 0.0753 e. The van der Waals surface area contributed by atoms with Gasteiger partial charge in [0, 0.05) is 13.6 Å². The van der Waals surface area contributed by atoms with Crippen LogP contribution in [0.2, 0.25) is 0 Å². The Kier molecular flexibility index (Phi) is 4.35. The molecule has 1 fully saturated rings. The molecule has 1 aromatic heterocycles. The second-order valence-corrected chi connectivity index (χ2v) is 5.63. The molecule has 18 heavy (non-hydrogen) atoms. The summed E-state index contributed by atoms with van der Waals surface area (Å²) in [6.07, 6.45) is 4.13. The number of aromatic nitrogens is 3. The zero-order chi connectivity index (χ0) is 13.1. The lowest BCUT2D eigenvalue weighted by Crippen LogP contribution is -2.39. The van der Waals surface area contributed by atoms with Crippen molar-refractivity contribution in [2.75, 3.05) is 19.6 Å². The van der Waals surface area contributed by atoms with Crippen LogP contribution in [0.1, 0.15) is 38.4 Å². The van der Waals surface area contributed by atoms with Crippen LogP contribution < -0.4 is 5.73 Å². The quantitative estimate of drug-likeness (QED) is 0.870. The third-order valence-corrected chi connectivity index (χ3v) is 3.77. The highest BCUT2D eigenvalue weighted by Gasteiger charge is 2.27. The molecule has 0 amide bonds. The highest BCUT2D eigenvalue weighted by atomic mass is 15.4. The Labute approximate surface area is 109 Å². The van der Waals surface area contributed by atoms with Crippen molar-refractivity contribution >= 4 is 0 Å². The van der Waals surface area contributed by atoms with Crippen molar-refractivity contribution in [3.8, 4) is 0 Å². The zero-order valence-electron chi connectivity index (χ0n) is 11.6. The number of nitrogens with zero attached hydrogens (tertiary/aromatic N) is 4. The average molecular weight is 250 g/mol. The van der Waals surface area contributed by atoms with Gasteiger partial charge in [-0.3, -0.25) is 4.68 Å². The fraction of sp³-hybridized carbons (Fsp3) is 0.769. The van der Waals surface area contributed by atoms with Gasteiger partial charge < -0.3 is 10.6 Å². The predicted octanol–water partition coefficient (Wildman–Crippen LogP) is 1.14. The first-order valence-corrected chi connectivity index (χ1v) is 6.69. The Bertz CT molecular complexity index is 365. The summed E-state index contributed by atoms with van der Waals surface area (Å²) >= 11 is 0. The number of piperidine rings is 1. The minimum absolute atomic E-state index is 0.0684. The van der Waals surface area contributed by atoms with E-state index in [4.69, 9.17) is 5.73 Å². The first-order valence-electron chi connectivity index (χ1n) is 6.69. The van der Waals surface area contributed by atoms with E-state index in [1.54, 1.807) is 10.9 Å². The van der Waals surface area contributed by atoms with Crippen LogP contribution in [0.5, 0.6) is 0 Å². The van der Waals surface area contributed by atoms with E-state index in [-0.39, 0.29) is 6.04 Å². The lowest BCUT2D eigenvalue weighted by atomic mass is 9.88. The van der Waals surface area contributed by atoms with Gasteiger partial charge in [-0.15, -0.1) is 5.10 Å². The van der Waals surface area contributed by atoms with E-state index in [0.29, 0.717) is 5.92 Å². The van der Waals surface area contributed by atoms with Gasteiger partial charge >= 0.3 is 0 Å². The van der Waals surface area contributed by atoms with Gasteiger partial charge in [-0.1, -0.05) is 19.1 Å². The van der Waals surface area contributed by atoms with Crippen molar-refractivity contribution in [2.24, 2.45) is 18.7 Å². The van der Waals surface area contributed by atoms with Crippen LogP contribution in [-0.2, 0) is 7.05 Å². The molecule has 1 saturated heterocycles. The van der Waals surface area contributed by atoms with Gasteiger partial charge in [-0.25, -0.2) is 0 Å². The Balaban J connectivity index is 1.88. The molecular weight excluding hydrogens is 226 g/mol. The van der Waals surface area contributed by atoms with Gasteiger partial charge in [-0.2, -0.15) is 0 Å². The second kappa shape index (κ2) is 5.80. The monoisotopic (exact) mass is 250 g/mol. The standard InChI is InChI=1S/C13H24N5/c1-10(2)9-18-6-4-11(5-7-18)13(14)12-8-15-16-17(12)3/h8,11,13H,4-7,9,14H2,1-3H3. The molecule has 2 rings (SSSR count). The summed E-state index contributed by atoms with van der Waals surface area (Å²) in [7, 11) is 1.91. The molecule has 5 heteroatoms. The molecule has 0 aliphatic carbocycles. The van der Waals surface area contributed by atoms with Crippen LogP contribution in [0, 0.1) is 11.8 Å². The summed E-state index contributed by atoms with van der Waals surface area (Å²) in [6, 6.07) is 0.0684. The van der Waals surface area contributed by atoms with Gasteiger partial charge in [0.05, 0.1) is 17.9 Å². The summed E-state index contributed by atoms with van der Waals surface area (Å²) in [4.78, 5) is 2.51. The topological polar surface area (TPSA) is 60.0 Å². The molecule has 0 saturated carbocycles. The first-order chi connectivity index (χ1) is 8.58. The van der Waals surface area contributed by atoms with Gasteiger partial charge in [0.1, 0.15) is 0 Å². The van der Waals surface area contributed by atoms with Gasteiger partial charge in [0.25, 0.3) is 0 Å². The maximum absolute atomic E-state index is 6.34. The summed E-state index contributed by atoms with van der Waals surface area (Å²) in [5, 5.41) is 7.87. The third-order valence-electron chi connectivity index (χ3n) is 3.77. The molecular formula is C13H24N5. The van der Waals surface area contributed by atoms with Crippen LogP contribution in [0.3, 0.4) is 0 Å². The minimum atomic E-state index is 0.0684. The SMILES string of the molecule is C[C](C)CN1CCC(C(N)c2cnnn2C)CC1. The Hall–Kier alpha value is -0.940. The van der Waals surface area contributed by atoms with Crippen LogP contribution in [0.25, 0.3) is 0 Å². The van der Waals surface area contributed by atoms with E-state index in [1.807, 2.05) is 7.05 Å². The van der Waals surface area contributed by atoms with Crippen molar-refractivity contribution < 1.29 is 0 Å². The molecule has 1 aromatic rings. The minimum Gasteiger partial charge on any atom is -0.322 e. The van der Waals surface area contributed by atoms with E-state index < -0.39 is 0 Å². The molecule has 1 atom stereocenters. The fourth-order valence-corrected chi connectivity index (χ4v) is 2.76. The molecule has 1 unspecified atom stereocenters. The highest BCUT2D eigenvalue weighted by Crippen LogP contribution is 2.28. The number of hydrogen-bond donors (Lipinski definition) is 1. The normalized spacial score (nSPS) is 20.5. The zero-order valence-corrected chi connectivity index (χ0v) is 11.6. The van der Waals surface area contributed by atoms with Crippen molar-refractivity contribution in [3.63, 3.8) is 0 Å². The molecule has 0 aromatic carbocycles. The van der Waals surface area contributed by atoms with Crippen molar-refractivity contribution in [3.05, 3.63) is 17.8 Å². The van der Waals surface area contributed by atoms with Crippen LogP contribution in [0.4, 0.5) is 0 Å².